The standard InChI is InChI=1S/C28H33ClN4O5/c1-27(2,3)38-26(35)32-13-11-31(12-14-32)19-7-8-21-24(17-19)33(25(34)28(21)9-15-37-16-10-28)23-6-4-5-22(29)20(23)18-30-36/h4-8,17H,9-16,18H2,1-3H3. The summed E-state index contributed by atoms with van der Waals surface area (Å²) in [6.07, 6.45) is 0.873. The van der Waals surface area contributed by atoms with E-state index < -0.39 is 11.0 Å². The zero-order valence-corrected chi connectivity index (χ0v) is 22.8. The molecule has 0 aliphatic carbocycles. The second kappa shape index (κ2) is 10.2. The number of benzene rings is 2. The summed E-state index contributed by atoms with van der Waals surface area (Å²) in [6.45, 7) is 8.83. The first-order valence-electron chi connectivity index (χ1n) is 13.0. The van der Waals surface area contributed by atoms with Crippen LogP contribution in [0.15, 0.2) is 41.6 Å². The molecule has 3 heterocycles. The van der Waals surface area contributed by atoms with Crippen molar-refractivity contribution < 1.29 is 19.1 Å². The molecule has 0 aromatic heterocycles. The number of carbonyl (C=O) groups is 2. The minimum Gasteiger partial charge on any atom is -0.444 e. The summed E-state index contributed by atoms with van der Waals surface area (Å²) in [4.78, 5) is 43.6. The molecular weight excluding hydrogens is 508 g/mol. The van der Waals surface area contributed by atoms with Crippen molar-refractivity contribution in [3.63, 3.8) is 0 Å². The Hall–Kier alpha value is -3.17. The molecule has 0 radical (unpaired) electrons. The number of hydrogen-bond acceptors (Lipinski definition) is 7. The van der Waals surface area contributed by atoms with Gasteiger partial charge in [0, 0.05) is 55.7 Å². The minimum absolute atomic E-state index is 0.0305. The Labute approximate surface area is 227 Å². The van der Waals surface area contributed by atoms with E-state index in [-0.39, 0.29) is 18.5 Å². The van der Waals surface area contributed by atoms with E-state index in [9.17, 15) is 14.5 Å². The number of amides is 2. The van der Waals surface area contributed by atoms with E-state index in [1.807, 2.05) is 32.9 Å². The molecule has 2 fully saturated rings. The van der Waals surface area contributed by atoms with Crippen LogP contribution in [0, 0.1) is 4.91 Å². The van der Waals surface area contributed by atoms with Gasteiger partial charge in [-0.3, -0.25) is 9.69 Å². The lowest BCUT2D eigenvalue weighted by Gasteiger charge is -2.37. The van der Waals surface area contributed by atoms with Crippen LogP contribution in [0.3, 0.4) is 0 Å². The molecular formula is C28H33ClN4O5. The van der Waals surface area contributed by atoms with Crippen molar-refractivity contribution in [2.75, 3.05) is 49.2 Å². The van der Waals surface area contributed by atoms with Crippen molar-refractivity contribution in [2.45, 2.75) is 51.2 Å². The summed E-state index contributed by atoms with van der Waals surface area (Å²) >= 11 is 6.46. The average Bonchev–Trinajstić information content (AvgIpc) is 3.11. The largest absolute Gasteiger partial charge is 0.444 e. The first-order chi connectivity index (χ1) is 18.1. The highest BCUT2D eigenvalue weighted by atomic mass is 35.5. The Morgan fingerprint density at radius 2 is 1.79 bits per heavy atom. The Kier molecular flexibility index (Phi) is 7.09. The zero-order chi connectivity index (χ0) is 27.1. The molecule has 10 heteroatoms. The molecule has 0 saturated carbocycles. The maximum absolute atomic E-state index is 14.2. The number of carbonyl (C=O) groups excluding carboxylic acids is 2. The van der Waals surface area contributed by atoms with Gasteiger partial charge in [0.15, 0.2) is 0 Å². The number of nitrogens with zero attached hydrogens (tertiary/aromatic N) is 4. The van der Waals surface area contributed by atoms with Gasteiger partial charge in [-0.1, -0.05) is 28.9 Å². The van der Waals surface area contributed by atoms with Gasteiger partial charge in [-0.25, -0.2) is 4.79 Å². The summed E-state index contributed by atoms with van der Waals surface area (Å²) in [5, 5.41) is 3.48. The number of ether oxygens (including phenoxy) is 2. The number of anilines is 3. The van der Waals surface area contributed by atoms with Gasteiger partial charge in [-0.2, -0.15) is 4.91 Å². The van der Waals surface area contributed by atoms with Gasteiger partial charge in [0.05, 0.1) is 16.8 Å². The molecule has 202 valence electrons. The normalized spacial score (nSPS) is 19.1. The number of halogens is 1. The van der Waals surface area contributed by atoms with E-state index in [1.54, 1.807) is 21.9 Å². The summed E-state index contributed by atoms with van der Waals surface area (Å²) in [7, 11) is 0. The Balaban J connectivity index is 1.49. The van der Waals surface area contributed by atoms with Crippen LogP contribution in [0.5, 0.6) is 0 Å². The molecule has 0 unspecified atom stereocenters. The molecule has 2 amide bonds. The van der Waals surface area contributed by atoms with Gasteiger partial charge < -0.3 is 19.3 Å². The molecule has 2 aromatic carbocycles. The number of nitroso groups, excluding NO2 is 1. The van der Waals surface area contributed by atoms with Gasteiger partial charge in [-0.15, -0.1) is 0 Å². The molecule has 2 saturated heterocycles. The van der Waals surface area contributed by atoms with Crippen LogP contribution in [0.1, 0.15) is 44.7 Å². The van der Waals surface area contributed by atoms with Crippen LogP contribution in [0.25, 0.3) is 0 Å². The monoisotopic (exact) mass is 540 g/mol. The Morgan fingerprint density at radius 3 is 2.45 bits per heavy atom. The highest BCUT2D eigenvalue weighted by molar-refractivity contribution is 6.32. The zero-order valence-electron chi connectivity index (χ0n) is 22.0. The molecule has 2 aromatic rings. The van der Waals surface area contributed by atoms with Crippen molar-refractivity contribution in [1.29, 1.82) is 0 Å². The van der Waals surface area contributed by atoms with Crippen molar-refractivity contribution in [2.24, 2.45) is 5.18 Å². The highest BCUT2D eigenvalue weighted by Crippen LogP contribution is 2.52. The maximum Gasteiger partial charge on any atom is 0.410 e. The second-order valence-electron chi connectivity index (χ2n) is 11.0. The van der Waals surface area contributed by atoms with Gasteiger partial charge in [-0.05, 0) is 63.4 Å². The van der Waals surface area contributed by atoms with Crippen LogP contribution < -0.4 is 9.80 Å². The third-order valence-electron chi connectivity index (χ3n) is 7.55. The number of hydrogen-bond donors (Lipinski definition) is 0. The molecule has 3 aliphatic heterocycles. The average molecular weight is 541 g/mol. The topological polar surface area (TPSA) is 91.8 Å². The van der Waals surface area contributed by atoms with Gasteiger partial charge in [0.1, 0.15) is 12.1 Å². The summed E-state index contributed by atoms with van der Waals surface area (Å²) in [6, 6.07) is 11.5. The van der Waals surface area contributed by atoms with Crippen LogP contribution in [-0.4, -0.2) is 61.9 Å². The summed E-state index contributed by atoms with van der Waals surface area (Å²) in [5.41, 5.74) is 2.61. The maximum atomic E-state index is 14.2. The molecule has 1 spiro atoms. The van der Waals surface area contributed by atoms with E-state index in [0.29, 0.717) is 68.5 Å². The predicted octanol–water partition coefficient (Wildman–Crippen LogP) is 5.39. The lowest BCUT2D eigenvalue weighted by Crippen LogP contribution is -2.50. The minimum atomic E-state index is -0.685. The summed E-state index contributed by atoms with van der Waals surface area (Å²) in [5.74, 6) is -0.0305. The number of rotatable bonds is 4. The molecule has 3 aliphatic rings. The number of piperazine rings is 1. The van der Waals surface area contributed by atoms with E-state index in [4.69, 9.17) is 21.1 Å². The Morgan fingerprint density at radius 1 is 1.08 bits per heavy atom. The fourth-order valence-corrected chi connectivity index (χ4v) is 5.87. The van der Waals surface area contributed by atoms with E-state index in [1.165, 1.54) is 0 Å². The molecule has 5 rings (SSSR count). The third kappa shape index (κ3) is 4.73. The van der Waals surface area contributed by atoms with Gasteiger partial charge >= 0.3 is 6.09 Å². The fraction of sp³-hybridized carbons (Fsp3) is 0.500. The predicted molar refractivity (Wildman–Crippen MR) is 146 cm³/mol. The van der Waals surface area contributed by atoms with Crippen molar-refractivity contribution in [1.82, 2.24) is 4.90 Å². The smallest absolute Gasteiger partial charge is 0.410 e. The van der Waals surface area contributed by atoms with Crippen molar-refractivity contribution >= 4 is 40.7 Å². The molecule has 0 N–H and O–H groups in total. The molecule has 0 atom stereocenters. The first kappa shape index (κ1) is 26.4. The lowest BCUT2D eigenvalue weighted by atomic mass is 9.75. The highest BCUT2D eigenvalue weighted by Gasteiger charge is 2.52. The second-order valence-corrected chi connectivity index (χ2v) is 11.4. The van der Waals surface area contributed by atoms with Crippen LogP contribution in [0.4, 0.5) is 21.9 Å². The van der Waals surface area contributed by atoms with Crippen LogP contribution >= 0.6 is 11.6 Å². The first-order valence-corrected chi connectivity index (χ1v) is 13.4. The SMILES string of the molecule is CC(C)(C)OC(=O)N1CCN(c2ccc3c(c2)N(c2cccc(Cl)c2CN=O)C(=O)C32CCOCC2)CC1. The van der Waals surface area contributed by atoms with Gasteiger partial charge in [0.25, 0.3) is 0 Å². The quantitative estimate of drug-likeness (QED) is 0.483. The Bertz CT molecular complexity index is 1250. The lowest BCUT2D eigenvalue weighted by molar-refractivity contribution is -0.125. The summed E-state index contributed by atoms with van der Waals surface area (Å²) < 4.78 is 11.2. The van der Waals surface area contributed by atoms with Crippen molar-refractivity contribution in [3.05, 3.63) is 57.5 Å². The van der Waals surface area contributed by atoms with Gasteiger partial charge in [0.2, 0.25) is 5.91 Å². The molecule has 0 bridgehead atoms. The molecule has 9 nitrogen and oxygen atoms in total. The van der Waals surface area contributed by atoms with Crippen molar-refractivity contribution in [3.8, 4) is 0 Å². The van der Waals surface area contributed by atoms with Crippen LogP contribution in [0.2, 0.25) is 5.02 Å². The van der Waals surface area contributed by atoms with E-state index in [2.05, 4.69) is 22.2 Å². The van der Waals surface area contributed by atoms with Crippen LogP contribution in [-0.2, 0) is 26.2 Å². The van der Waals surface area contributed by atoms with E-state index in [0.717, 1.165) is 16.9 Å². The fourth-order valence-electron chi connectivity index (χ4n) is 5.64. The number of fused-ring (bicyclic) bond motifs is 2. The van der Waals surface area contributed by atoms with E-state index >= 15 is 0 Å². The molecule has 38 heavy (non-hydrogen) atoms. The third-order valence-corrected chi connectivity index (χ3v) is 7.90.